The third-order valence-electron chi connectivity index (χ3n) is 6.39. The standard InChI is InChI=1S/C22H30N2O6S/c1-14-12-15(2)17(4)21(16(14)3)31(28,29)23-10-7-18(8-11-23)22(27)30-13-20(26)24-9-5-6-19(24)25/h12,18H,5-11,13H2,1-4H3. The van der Waals surface area contributed by atoms with Crippen molar-refractivity contribution in [1.29, 1.82) is 0 Å². The second-order valence-corrected chi connectivity index (χ2v) is 10.3. The number of hydrogen-bond acceptors (Lipinski definition) is 6. The number of likely N-dealkylation sites (tertiary alicyclic amines) is 1. The van der Waals surface area contributed by atoms with Gasteiger partial charge >= 0.3 is 5.97 Å². The summed E-state index contributed by atoms with van der Waals surface area (Å²) in [5, 5.41) is 0. The van der Waals surface area contributed by atoms with Crippen LogP contribution in [0.3, 0.4) is 0 Å². The number of sulfonamides is 1. The highest BCUT2D eigenvalue weighted by Crippen LogP contribution is 2.31. The Hall–Kier alpha value is -2.26. The second kappa shape index (κ2) is 9.08. The lowest BCUT2D eigenvalue weighted by Crippen LogP contribution is -2.42. The Morgan fingerprint density at radius 3 is 2.13 bits per heavy atom. The number of piperidine rings is 1. The zero-order valence-corrected chi connectivity index (χ0v) is 19.4. The molecule has 8 nitrogen and oxygen atoms in total. The fourth-order valence-electron chi connectivity index (χ4n) is 4.27. The van der Waals surface area contributed by atoms with E-state index < -0.39 is 34.4 Å². The first-order valence-electron chi connectivity index (χ1n) is 10.6. The number of nitrogens with zero attached hydrogens (tertiary/aromatic N) is 2. The molecule has 0 N–H and O–H groups in total. The molecular weight excluding hydrogens is 420 g/mol. The lowest BCUT2D eigenvalue weighted by atomic mass is 9.98. The number of esters is 1. The lowest BCUT2D eigenvalue weighted by molar-refractivity contribution is -0.158. The molecule has 0 aliphatic carbocycles. The molecule has 0 saturated carbocycles. The van der Waals surface area contributed by atoms with Crippen LogP contribution in [0.5, 0.6) is 0 Å². The van der Waals surface area contributed by atoms with Gasteiger partial charge in [-0.3, -0.25) is 19.3 Å². The highest BCUT2D eigenvalue weighted by atomic mass is 32.2. The molecule has 0 unspecified atom stereocenters. The zero-order chi connectivity index (χ0) is 22.9. The molecule has 9 heteroatoms. The van der Waals surface area contributed by atoms with Crippen molar-refractivity contribution < 1.29 is 27.5 Å². The molecule has 3 rings (SSSR count). The van der Waals surface area contributed by atoms with Gasteiger partial charge in [0.05, 0.1) is 10.8 Å². The molecule has 2 fully saturated rings. The van der Waals surface area contributed by atoms with Crippen molar-refractivity contribution in [2.75, 3.05) is 26.2 Å². The summed E-state index contributed by atoms with van der Waals surface area (Å²) in [7, 11) is -3.68. The lowest BCUT2D eigenvalue weighted by Gasteiger charge is -2.31. The minimum Gasteiger partial charge on any atom is -0.455 e. The van der Waals surface area contributed by atoms with E-state index in [0.29, 0.717) is 37.1 Å². The molecule has 2 aliphatic heterocycles. The fourth-order valence-corrected chi connectivity index (χ4v) is 6.31. The molecule has 0 spiro atoms. The van der Waals surface area contributed by atoms with Gasteiger partial charge in [0.1, 0.15) is 0 Å². The molecule has 170 valence electrons. The third kappa shape index (κ3) is 4.67. The van der Waals surface area contributed by atoms with Crippen LogP contribution in [0.25, 0.3) is 0 Å². The number of imide groups is 1. The fraction of sp³-hybridized carbons (Fsp3) is 0.591. The van der Waals surface area contributed by atoms with Crippen molar-refractivity contribution in [3.05, 3.63) is 28.3 Å². The maximum Gasteiger partial charge on any atom is 0.309 e. The Morgan fingerprint density at radius 2 is 1.61 bits per heavy atom. The first-order valence-corrected chi connectivity index (χ1v) is 12.1. The van der Waals surface area contributed by atoms with Gasteiger partial charge in [-0.2, -0.15) is 4.31 Å². The zero-order valence-electron chi connectivity index (χ0n) is 18.6. The topological polar surface area (TPSA) is 101 Å². The van der Waals surface area contributed by atoms with E-state index >= 15 is 0 Å². The maximum atomic E-state index is 13.3. The van der Waals surface area contributed by atoms with Gasteiger partial charge in [0.2, 0.25) is 15.9 Å². The van der Waals surface area contributed by atoms with Crippen molar-refractivity contribution in [2.45, 2.75) is 58.3 Å². The van der Waals surface area contributed by atoms with Crippen molar-refractivity contribution in [3.63, 3.8) is 0 Å². The molecule has 2 amide bonds. The van der Waals surface area contributed by atoms with Crippen LogP contribution >= 0.6 is 0 Å². The summed E-state index contributed by atoms with van der Waals surface area (Å²) in [6, 6.07) is 1.99. The number of aryl methyl sites for hydroxylation is 2. The second-order valence-electron chi connectivity index (χ2n) is 8.42. The molecule has 1 aromatic carbocycles. The van der Waals surface area contributed by atoms with Crippen LogP contribution in [-0.2, 0) is 29.1 Å². The van der Waals surface area contributed by atoms with Crippen molar-refractivity contribution in [2.24, 2.45) is 5.92 Å². The van der Waals surface area contributed by atoms with E-state index in [0.717, 1.165) is 27.2 Å². The van der Waals surface area contributed by atoms with Gasteiger partial charge in [0, 0.05) is 26.1 Å². The Kier molecular flexibility index (Phi) is 6.85. The van der Waals surface area contributed by atoms with Gasteiger partial charge < -0.3 is 4.74 Å². The number of amides is 2. The van der Waals surface area contributed by atoms with Crippen LogP contribution in [0.4, 0.5) is 0 Å². The van der Waals surface area contributed by atoms with Crippen LogP contribution in [0, 0.1) is 33.6 Å². The molecule has 0 radical (unpaired) electrons. The number of carbonyl (C=O) groups is 3. The number of benzene rings is 1. The van der Waals surface area contributed by atoms with Crippen LogP contribution in [0.2, 0.25) is 0 Å². The molecule has 2 aliphatic rings. The Labute approximate surface area is 183 Å². The summed E-state index contributed by atoms with van der Waals surface area (Å²) in [5.41, 5.74) is 3.36. The van der Waals surface area contributed by atoms with Gasteiger partial charge in [0.15, 0.2) is 6.61 Å². The predicted molar refractivity (Wildman–Crippen MR) is 114 cm³/mol. The van der Waals surface area contributed by atoms with E-state index in [2.05, 4.69) is 0 Å². The van der Waals surface area contributed by atoms with E-state index in [1.165, 1.54) is 4.31 Å². The quantitative estimate of drug-likeness (QED) is 0.636. The minimum atomic E-state index is -3.68. The van der Waals surface area contributed by atoms with Gasteiger partial charge in [-0.1, -0.05) is 6.07 Å². The van der Waals surface area contributed by atoms with Gasteiger partial charge in [-0.25, -0.2) is 8.42 Å². The summed E-state index contributed by atoms with van der Waals surface area (Å²) in [5.74, 6) is -1.72. The van der Waals surface area contributed by atoms with E-state index in [1.54, 1.807) is 0 Å². The summed E-state index contributed by atoms with van der Waals surface area (Å²) < 4.78 is 33.2. The summed E-state index contributed by atoms with van der Waals surface area (Å²) >= 11 is 0. The molecule has 0 atom stereocenters. The molecule has 31 heavy (non-hydrogen) atoms. The summed E-state index contributed by atoms with van der Waals surface area (Å²) in [4.78, 5) is 37.5. The van der Waals surface area contributed by atoms with E-state index in [9.17, 15) is 22.8 Å². The number of ether oxygens (including phenoxy) is 1. The van der Waals surface area contributed by atoms with Gasteiger partial charge in [-0.15, -0.1) is 0 Å². The van der Waals surface area contributed by atoms with Crippen LogP contribution in [0.1, 0.15) is 47.9 Å². The molecule has 2 saturated heterocycles. The molecular formula is C22H30N2O6S. The van der Waals surface area contributed by atoms with Crippen LogP contribution < -0.4 is 0 Å². The highest BCUT2D eigenvalue weighted by Gasteiger charge is 2.35. The van der Waals surface area contributed by atoms with Crippen molar-refractivity contribution in [1.82, 2.24) is 9.21 Å². The van der Waals surface area contributed by atoms with Gasteiger partial charge in [0.25, 0.3) is 5.91 Å². The Balaban J connectivity index is 1.61. The Morgan fingerprint density at radius 1 is 1.03 bits per heavy atom. The molecule has 0 bridgehead atoms. The monoisotopic (exact) mass is 450 g/mol. The normalized spacial score (nSPS) is 18.5. The van der Waals surface area contributed by atoms with Crippen LogP contribution in [-0.4, -0.2) is 61.6 Å². The largest absolute Gasteiger partial charge is 0.455 e. The molecule has 0 aromatic heterocycles. The SMILES string of the molecule is Cc1cc(C)c(C)c(S(=O)(=O)N2CCC(C(=O)OCC(=O)N3CCCC3=O)CC2)c1C. The highest BCUT2D eigenvalue weighted by molar-refractivity contribution is 7.89. The van der Waals surface area contributed by atoms with Gasteiger partial charge in [-0.05, 0) is 69.2 Å². The predicted octanol–water partition coefficient (Wildman–Crippen LogP) is 2.01. The number of carbonyl (C=O) groups excluding carboxylic acids is 3. The smallest absolute Gasteiger partial charge is 0.309 e. The van der Waals surface area contributed by atoms with Crippen molar-refractivity contribution >= 4 is 27.8 Å². The molecule has 2 heterocycles. The van der Waals surface area contributed by atoms with Crippen molar-refractivity contribution in [3.8, 4) is 0 Å². The number of hydrogen-bond donors (Lipinski definition) is 0. The minimum absolute atomic E-state index is 0.215. The number of rotatable bonds is 5. The average molecular weight is 451 g/mol. The first-order chi connectivity index (χ1) is 14.5. The maximum absolute atomic E-state index is 13.3. The van der Waals surface area contributed by atoms with E-state index in [-0.39, 0.29) is 19.0 Å². The molecule has 1 aromatic rings. The third-order valence-corrected chi connectivity index (χ3v) is 8.57. The first kappa shape index (κ1) is 23.4. The van der Waals surface area contributed by atoms with E-state index in [1.807, 2.05) is 33.8 Å². The van der Waals surface area contributed by atoms with Crippen LogP contribution in [0.15, 0.2) is 11.0 Å². The van der Waals surface area contributed by atoms with E-state index in [4.69, 9.17) is 4.74 Å². The Bertz CT molecular complexity index is 983. The summed E-state index contributed by atoms with van der Waals surface area (Å²) in [6.45, 7) is 7.79. The average Bonchev–Trinajstić information content (AvgIpc) is 3.16. The summed E-state index contributed by atoms with van der Waals surface area (Å²) in [6.07, 6.45) is 1.63.